The number of aliphatic hydroxyl groups is 2. The highest BCUT2D eigenvalue weighted by atomic mass is 32.2. The monoisotopic (exact) mass is 414 g/mol. The average Bonchev–Trinajstić information content (AvgIpc) is 3.31. The Bertz CT molecular complexity index is 837. The maximum Gasteiger partial charge on any atom is 0.0688 e. The van der Waals surface area contributed by atoms with Gasteiger partial charge in [-0.05, 0) is 73.9 Å². The highest BCUT2D eigenvalue weighted by Crippen LogP contribution is 2.52. The van der Waals surface area contributed by atoms with Gasteiger partial charge in [-0.25, -0.2) is 0 Å². The van der Waals surface area contributed by atoms with Crippen LogP contribution >= 0.6 is 11.8 Å². The van der Waals surface area contributed by atoms with Gasteiger partial charge in [-0.3, -0.25) is 0 Å². The summed E-state index contributed by atoms with van der Waals surface area (Å²) in [7, 11) is 0. The van der Waals surface area contributed by atoms with E-state index < -0.39 is 0 Å². The van der Waals surface area contributed by atoms with E-state index in [1.54, 1.807) is 0 Å². The molecule has 5 rings (SSSR count). The van der Waals surface area contributed by atoms with E-state index in [2.05, 4.69) is 22.1 Å². The molecule has 3 aliphatic rings. The van der Waals surface area contributed by atoms with Crippen LogP contribution in [0.2, 0.25) is 0 Å². The third-order valence-electron chi connectivity index (χ3n) is 7.90. The number of aliphatic hydroxyl groups excluding tert-OH is 2. The Morgan fingerprint density at radius 3 is 2.76 bits per heavy atom. The molecule has 2 saturated carbocycles. The van der Waals surface area contributed by atoms with Crippen LogP contribution in [0.15, 0.2) is 29.3 Å². The van der Waals surface area contributed by atoms with Crippen molar-refractivity contribution in [3.05, 3.63) is 30.0 Å². The van der Waals surface area contributed by atoms with Crippen molar-refractivity contribution in [1.29, 1.82) is 0 Å². The molecule has 2 heterocycles. The van der Waals surface area contributed by atoms with Gasteiger partial charge in [0.05, 0.1) is 12.7 Å². The van der Waals surface area contributed by atoms with Crippen LogP contribution in [0.1, 0.15) is 44.1 Å². The van der Waals surface area contributed by atoms with Gasteiger partial charge in [0.15, 0.2) is 0 Å². The van der Waals surface area contributed by atoms with Crippen LogP contribution in [-0.2, 0) is 6.61 Å². The minimum Gasteiger partial charge on any atom is -0.392 e. The van der Waals surface area contributed by atoms with Crippen molar-refractivity contribution in [3.63, 3.8) is 0 Å². The van der Waals surface area contributed by atoms with Crippen molar-refractivity contribution < 1.29 is 10.2 Å². The molecule has 1 aromatic carbocycles. The summed E-state index contributed by atoms with van der Waals surface area (Å²) in [5.74, 6) is 3.79. The number of nitrogens with zero attached hydrogens (tertiary/aromatic N) is 1. The molecular weight excluding hydrogens is 380 g/mol. The Labute approximate surface area is 178 Å². The first kappa shape index (κ1) is 19.9. The lowest BCUT2D eigenvalue weighted by molar-refractivity contribution is 0.0370. The van der Waals surface area contributed by atoms with Crippen LogP contribution in [0.3, 0.4) is 0 Å². The SMILES string of the molecule is OCc1cccc2[nH]cc(SCCCN3CCC4C(C3)C(O)C3CCCCC34)c12. The topological polar surface area (TPSA) is 59.5 Å². The smallest absolute Gasteiger partial charge is 0.0688 e. The molecule has 0 radical (unpaired) electrons. The second-order valence-corrected chi connectivity index (χ2v) is 10.5. The van der Waals surface area contributed by atoms with Crippen molar-refractivity contribution in [1.82, 2.24) is 9.88 Å². The number of nitrogens with one attached hydrogen (secondary N) is 1. The summed E-state index contributed by atoms with van der Waals surface area (Å²) in [5, 5.41) is 21.8. The van der Waals surface area contributed by atoms with Gasteiger partial charge in [-0.1, -0.05) is 25.0 Å². The van der Waals surface area contributed by atoms with E-state index in [4.69, 9.17) is 0 Å². The predicted molar refractivity (Wildman–Crippen MR) is 119 cm³/mol. The van der Waals surface area contributed by atoms with Gasteiger partial charge in [0.1, 0.15) is 0 Å². The number of benzene rings is 1. The molecule has 2 aliphatic carbocycles. The number of fused-ring (bicyclic) bond motifs is 4. The van der Waals surface area contributed by atoms with E-state index in [1.807, 2.05) is 23.9 Å². The Kier molecular flexibility index (Phi) is 5.92. The molecule has 0 amide bonds. The average molecular weight is 415 g/mol. The Morgan fingerprint density at radius 2 is 1.90 bits per heavy atom. The summed E-state index contributed by atoms with van der Waals surface area (Å²) in [5.41, 5.74) is 2.11. The zero-order chi connectivity index (χ0) is 19.8. The number of H-pyrrole nitrogens is 1. The van der Waals surface area contributed by atoms with E-state index >= 15 is 0 Å². The van der Waals surface area contributed by atoms with Crippen LogP contribution in [0.4, 0.5) is 0 Å². The van der Waals surface area contributed by atoms with Gasteiger partial charge in [-0.15, -0.1) is 11.8 Å². The molecule has 5 heteroatoms. The van der Waals surface area contributed by atoms with E-state index in [0.717, 1.165) is 41.8 Å². The van der Waals surface area contributed by atoms with Crippen LogP contribution in [-0.4, -0.2) is 51.6 Å². The molecule has 5 atom stereocenters. The van der Waals surface area contributed by atoms with Crippen LogP contribution in [0.5, 0.6) is 0 Å². The van der Waals surface area contributed by atoms with Crippen molar-refractivity contribution in [3.8, 4) is 0 Å². The molecule has 2 aromatic rings. The maximum atomic E-state index is 10.9. The molecule has 0 spiro atoms. The molecule has 3 fully saturated rings. The number of hydrogen-bond donors (Lipinski definition) is 3. The number of piperidine rings is 1. The first-order valence-corrected chi connectivity index (χ1v) is 12.5. The fourth-order valence-electron chi connectivity index (χ4n) is 6.57. The first-order valence-electron chi connectivity index (χ1n) is 11.5. The lowest BCUT2D eigenvalue weighted by Crippen LogP contribution is -2.43. The van der Waals surface area contributed by atoms with Gasteiger partial charge in [0.2, 0.25) is 0 Å². The van der Waals surface area contributed by atoms with Gasteiger partial charge in [0.25, 0.3) is 0 Å². The normalized spacial score (nSPS) is 32.4. The van der Waals surface area contributed by atoms with E-state index in [0.29, 0.717) is 11.8 Å². The van der Waals surface area contributed by atoms with Crippen LogP contribution in [0.25, 0.3) is 10.9 Å². The summed E-state index contributed by atoms with van der Waals surface area (Å²) in [6.07, 6.45) is 9.81. The molecule has 0 bridgehead atoms. The minimum atomic E-state index is -0.0504. The van der Waals surface area contributed by atoms with Gasteiger partial charge in [-0.2, -0.15) is 0 Å². The molecule has 1 aromatic heterocycles. The largest absolute Gasteiger partial charge is 0.392 e. The number of rotatable bonds is 6. The minimum absolute atomic E-state index is 0.0504. The quantitative estimate of drug-likeness (QED) is 0.488. The number of thioether (sulfide) groups is 1. The third kappa shape index (κ3) is 3.76. The van der Waals surface area contributed by atoms with Crippen molar-refractivity contribution >= 4 is 22.7 Å². The van der Waals surface area contributed by atoms with Crippen molar-refractivity contribution in [2.45, 2.75) is 56.1 Å². The van der Waals surface area contributed by atoms with Crippen molar-refractivity contribution in [2.24, 2.45) is 23.7 Å². The Morgan fingerprint density at radius 1 is 1.07 bits per heavy atom. The maximum absolute atomic E-state index is 10.9. The number of hydrogen-bond acceptors (Lipinski definition) is 4. The highest BCUT2D eigenvalue weighted by molar-refractivity contribution is 7.99. The highest BCUT2D eigenvalue weighted by Gasteiger charge is 2.51. The van der Waals surface area contributed by atoms with Gasteiger partial charge in [0, 0.05) is 34.5 Å². The molecule has 1 saturated heterocycles. The predicted octanol–water partition coefficient (Wildman–Crippen LogP) is 4.26. The summed E-state index contributed by atoms with van der Waals surface area (Å²) in [6, 6.07) is 6.08. The van der Waals surface area contributed by atoms with Crippen molar-refractivity contribution in [2.75, 3.05) is 25.4 Å². The molecule has 4 nitrogen and oxygen atoms in total. The lowest BCUT2D eigenvalue weighted by atomic mass is 9.75. The fourth-order valence-corrected chi connectivity index (χ4v) is 7.59. The van der Waals surface area contributed by atoms with Gasteiger partial charge < -0.3 is 20.1 Å². The second-order valence-electron chi connectivity index (χ2n) is 9.37. The summed E-state index contributed by atoms with van der Waals surface area (Å²) < 4.78 is 0. The van der Waals surface area contributed by atoms with Crippen LogP contribution in [0, 0.1) is 23.7 Å². The van der Waals surface area contributed by atoms with E-state index in [9.17, 15) is 10.2 Å². The zero-order valence-electron chi connectivity index (χ0n) is 17.2. The van der Waals surface area contributed by atoms with Crippen LogP contribution < -0.4 is 0 Å². The summed E-state index contributed by atoms with van der Waals surface area (Å²) >= 11 is 1.89. The lowest BCUT2D eigenvalue weighted by Gasteiger charge is -2.38. The first-order chi connectivity index (χ1) is 14.3. The zero-order valence-corrected chi connectivity index (χ0v) is 18.0. The van der Waals surface area contributed by atoms with Gasteiger partial charge >= 0.3 is 0 Å². The Balaban J connectivity index is 1.14. The molecule has 158 valence electrons. The standard InChI is InChI=1S/C24H34N2O2S/c27-15-16-5-3-8-21-23(16)22(13-25-21)29-12-4-10-26-11-9-18-17-6-1-2-7-19(17)24(28)20(18)14-26/h3,5,8,13,17-20,24-25,27-28H,1-2,4,6-7,9-12,14-15H2. The summed E-state index contributed by atoms with van der Waals surface area (Å²) in [6.45, 7) is 3.53. The molecule has 5 unspecified atom stereocenters. The number of likely N-dealkylation sites (tertiary alicyclic amines) is 1. The molecule has 1 aliphatic heterocycles. The fraction of sp³-hybridized carbons (Fsp3) is 0.667. The second kappa shape index (κ2) is 8.62. The third-order valence-corrected chi connectivity index (χ3v) is 9.03. The number of aromatic amines is 1. The molecular formula is C24H34N2O2S. The molecule has 3 N–H and O–H groups in total. The summed E-state index contributed by atoms with van der Waals surface area (Å²) in [4.78, 5) is 7.19. The Hall–Kier alpha value is -1.01. The van der Waals surface area contributed by atoms with E-state index in [1.165, 1.54) is 55.4 Å². The molecule has 29 heavy (non-hydrogen) atoms. The van der Waals surface area contributed by atoms with E-state index in [-0.39, 0.29) is 12.7 Å². The number of aromatic nitrogens is 1.